The van der Waals surface area contributed by atoms with Gasteiger partial charge in [-0.1, -0.05) is 37.3 Å². The normalized spacial score (nSPS) is 37.2. The SMILES string of the molecule is C#CCN1C(=O)[C@H]2[C@H](C(=O)NC)[C@H]3C=C[C@]2(O3)[C@@H]1C(=O)NC1CCCCC1. The summed E-state index contributed by atoms with van der Waals surface area (Å²) in [5, 5.41) is 5.72. The second kappa shape index (κ2) is 6.68. The van der Waals surface area contributed by atoms with Crippen molar-refractivity contribution in [3.63, 3.8) is 0 Å². The van der Waals surface area contributed by atoms with E-state index in [4.69, 9.17) is 11.2 Å². The zero-order valence-electron chi connectivity index (χ0n) is 15.4. The van der Waals surface area contributed by atoms with Gasteiger partial charge in [-0.05, 0) is 12.8 Å². The second-order valence-electron chi connectivity index (χ2n) is 7.83. The third-order valence-corrected chi connectivity index (χ3v) is 6.38. The molecule has 2 N–H and O–H groups in total. The van der Waals surface area contributed by atoms with Gasteiger partial charge in [0.25, 0.3) is 0 Å². The summed E-state index contributed by atoms with van der Waals surface area (Å²) in [7, 11) is 1.54. The van der Waals surface area contributed by atoms with Crippen molar-refractivity contribution in [2.75, 3.05) is 13.6 Å². The molecule has 0 aromatic heterocycles. The Bertz CT molecular complexity index is 736. The van der Waals surface area contributed by atoms with Crippen molar-refractivity contribution in [3.05, 3.63) is 12.2 Å². The summed E-state index contributed by atoms with van der Waals surface area (Å²) in [6.07, 6.45) is 13.8. The van der Waals surface area contributed by atoms with Crippen LogP contribution in [-0.4, -0.2) is 60.0 Å². The lowest BCUT2D eigenvalue weighted by molar-refractivity contribution is -0.141. The number of hydrogen-bond donors (Lipinski definition) is 2. The minimum atomic E-state index is -1.12. The molecule has 0 unspecified atom stereocenters. The number of nitrogens with zero attached hydrogens (tertiary/aromatic N) is 1. The van der Waals surface area contributed by atoms with E-state index in [1.807, 2.05) is 0 Å². The van der Waals surface area contributed by atoms with Crippen molar-refractivity contribution < 1.29 is 19.1 Å². The predicted octanol–water partition coefficient (Wildman–Crippen LogP) is -0.0349. The van der Waals surface area contributed by atoms with Crippen molar-refractivity contribution in [1.82, 2.24) is 15.5 Å². The number of fused-ring (bicyclic) bond motifs is 1. The van der Waals surface area contributed by atoms with Gasteiger partial charge in [0, 0.05) is 13.1 Å². The number of nitrogens with one attached hydrogen (secondary N) is 2. The van der Waals surface area contributed by atoms with Crippen molar-refractivity contribution in [1.29, 1.82) is 0 Å². The standard InChI is InChI=1S/C20H25N3O4/c1-3-11-23-16(18(25)22-12-7-5-4-6-8-12)20-10-9-13(27-20)14(17(24)21-2)15(20)19(23)26/h1,9-10,12-16H,4-8,11H2,2H3,(H,21,24)(H,22,25)/t13-,14-,15-,16+,20-/m1/s1. The molecular weight excluding hydrogens is 346 g/mol. The summed E-state index contributed by atoms with van der Waals surface area (Å²) >= 11 is 0. The van der Waals surface area contributed by atoms with Gasteiger partial charge in [-0.25, -0.2) is 0 Å². The van der Waals surface area contributed by atoms with E-state index in [0.717, 1.165) is 25.7 Å². The Morgan fingerprint density at radius 2 is 2.07 bits per heavy atom. The lowest BCUT2D eigenvalue weighted by Crippen LogP contribution is -2.56. The molecule has 1 saturated carbocycles. The fourth-order valence-corrected chi connectivity index (χ4v) is 5.23. The van der Waals surface area contributed by atoms with Gasteiger partial charge in [-0.15, -0.1) is 6.42 Å². The van der Waals surface area contributed by atoms with Gasteiger partial charge in [0.15, 0.2) is 0 Å². The molecule has 3 aliphatic heterocycles. The fraction of sp³-hybridized carbons (Fsp3) is 0.650. The quantitative estimate of drug-likeness (QED) is 0.536. The molecule has 7 nitrogen and oxygen atoms in total. The Labute approximate surface area is 158 Å². The molecule has 144 valence electrons. The van der Waals surface area contributed by atoms with Crippen LogP contribution in [0.3, 0.4) is 0 Å². The summed E-state index contributed by atoms with van der Waals surface area (Å²) < 4.78 is 6.13. The Balaban J connectivity index is 1.66. The van der Waals surface area contributed by atoms with Gasteiger partial charge >= 0.3 is 0 Å². The van der Waals surface area contributed by atoms with Crippen LogP contribution in [0.2, 0.25) is 0 Å². The zero-order chi connectivity index (χ0) is 19.2. The van der Waals surface area contributed by atoms with E-state index in [1.54, 1.807) is 12.2 Å². The Morgan fingerprint density at radius 3 is 2.74 bits per heavy atom. The van der Waals surface area contributed by atoms with E-state index in [0.29, 0.717) is 0 Å². The molecule has 7 heteroatoms. The third kappa shape index (κ3) is 2.58. The highest BCUT2D eigenvalue weighted by atomic mass is 16.5. The first-order valence-electron chi connectivity index (χ1n) is 9.66. The largest absolute Gasteiger partial charge is 0.359 e. The Morgan fingerprint density at radius 1 is 1.33 bits per heavy atom. The van der Waals surface area contributed by atoms with E-state index in [-0.39, 0.29) is 30.3 Å². The van der Waals surface area contributed by atoms with Crippen LogP contribution >= 0.6 is 0 Å². The summed E-state index contributed by atoms with van der Waals surface area (Å²) in [5.74, 6) is 0.346. The van der Waals surface area contributed by atoms with Crippen LogP contribution in [0.4, 0.5) is 0 Å². The van der Waals surface area contributed by atoms with E-state index in [2.05, 4.69) is 16.6 Å². The molecule has 3 fully saturated rings. The summed E-state index contributed by atoms with van der Waals surface area (Å²) in [6.45, 7) is 0.0160. The minimum absolute atomic E-state index is 0.0160. The zero-order valence-corrected chi connectivity index (χ0v) is 15.4. The van der Waals surface area contributed by atoms with Gasteiger partial charge in [-0.3, -0.25) is 14.4 Å². The van der Waals surface area contributed by atoms with Gasteiger partial charge in [-0.2, -0.15) is 0 Å². The first-order valence-corrected chi connectivity index (χ1v) is 9.66. The molecule has 1 aliphatic carbocycles. The summed E-state index contributed by atoms with van der Waals surface area (Å²) in [6, 6.07) is -0.731. The molecule has 1 spiro atoms. The molecule has 3 amide bonds. The molecule has 2 saturated heterocycles. The predicted molar refractivity (Wildman–Crippen MR) is 97.1 cm³/mol. The van der Waals surface area contributed by atoms with Crippen molar-refractivity contribution in [2.24, 2.45) is 11.8 Å². The maximum Gasteiger partial charge on any atom is 0.246 e. The number of likely N-dealkylation sites (tertiary alicyclic amines) is 1. The molecule has 0 radical (unpaired) electrons. The van der Waals surface area contributed by atoms with Crippen LogP contribution < -0.4 is 10.6 Å². The number of carbonyl (C=O) groups is 3. The lowest BCUT2D eigenvalue weighted by Gasteiger charge is -2.33. The number of carbonyl (C=O) groups excluding carboxylic acids is 3. The highest BCUT2D eigenvalue weighted by Crippen LogP contribution is 2.54. The van der Waals surface area contributed by atoms with E-state index in [1.165, 1.54) is 18.4 Å². The lowest BCUT2D eigenvalue weighted by atomic mass is 9.74. The molecular formula is C20H25N3O4. The number of terminal acetylenes is 1. The molecule has 4 rings (SSSR count). The van der Waals surface area contributed by atoms with Crippen LogP contribution in [-0.2, 0) is 19.1 Å². The number of hydrogen-bond acceptors (Lipinski definition) is 4. The van der Waals surface area contributed by atoms with Crippen LogP contribution in [0.15, 0.2) is 12.2 Å². The topological polar surface area (TPSA) is 87.7 Å². The van der Waals surface area contributed by atoms with Crippen molar-refractivity contribution >= 4 is 17.7 Å². The second-order valence-corrected chi connectivity index (χ2v) is 7.83. The first-order chi connectivity index (χ1) is 13.0. The Hall–Kier alpha value is -2.33. The van der Waals surface area contributed by atoms with Gasteiger partial charge in [0.1, 0.15) is 11.6 Å². The molecule has 3 heterocycles. The summed E-state index contributed by atoms with van der Waals surface area (Å²) in [5.41, 5.74) is -1.12. The minimum Gasteiger partial charge on any atom is -0.359 e. The van der Waals surface area contributed by atoms with Crippen molar-refractivity contribution in [3.8, 4) is 12.3 Å². The highest BCUT2D eigenvalue weighted by molar-refractivity contribution is 6.00. The number of amides is 3. The Kier molecular flexibility index (Phi) is 4.47. The molecule has 0 aromatic carbocycles. The van der Waals surface area contributed by atoms with Crippen LogP contribution in [0.1, 0.15) is 32.1 Å². The van der Waals surface area contributed by atoms with Crippen LogP contribution in [0.5, 0.6) is 0 Å². The number of rotatable bonds is 4. The maximum absolute atomic E-state index is 13.2. The van der Waals surface area contributed by atoms with Gasteiger partial charge < -0.3 is 20.3 Å². The van der Waals surface area contributed by atoms with Crippen LogP contribution in [0.25, 0.3) is 0 Å². The molecule has 4 aliphatic rings. The average molecular weight is 371 g/mol. The smallest absolute Gasteiger partial charge is 0.246 e. The van der Waals surface area contributed by atoms with E-state index >= 15 is 0 Å². The monoisotopic (exact) mass is 371 g/mol. The third-order valence-electron chi connectivity index (χ3n) is 6.38. The molecule has 5 atom stereocenters. The first kappa shape index (κ1) is 18.1. The molecule has 27 heavy (non-hydrogen) atoms. The van der Waals surface area contributed by atoms with Gasteiger partial charge in [0.05, 0.1) is 24.5 Å². The van der Waals surface area contributed by atoms with E-state index in [9.17, 15) is 14.4 Å². The summed E-state index contributed by atoms with van der Waals surface area (Å²) in [4.78, 5) is 40.2. The maximum atomic E-state index is 13.2. The highest BCUT2D eigenvalue weighted by Gasteiger charge is 2.72. The van der Waals surface area contributed by atoms with E-state index < -0.39 is 29.6 Å². The number of ether oxygens (including phenoxy) is 1. The van der Waals surface area contributed by atoms with Crippen molar-refractivity contribution in [2.45, 2.75) is 55.9 Å². The average Bonchev–Trinajstić information content (AvgIpc) is 3.30. The van der Waals surface area contributed by atoms with Gasteiger partial charge in [0.2, 0.25) is 17.7 Å². The van der Waals surface area contributed by atoms with Crippen LogP contribution in [0, 0.1) is 24.2 Å². The molecule has 2 bridgehead atoms. The fourth-order valence-electron chi connectivity index (χ4n) is 5.23. The molecule has 0 aromatic rings.